The van der Waals surface area contributed by atoms with Crippen molar-refractivity contribution in [2.45, 2.75) is 25.7 Å². The minimum atomic E-state index is 0.736. The fourth-order valence-electron chi connectivity index (χ4n) is 5.26. The topological polar surface area (TPSA) is 30.9 Å². The number of rotatable bonds is 9. The smallest absolute Gasteiger partial charge is 0.168 e. The average Bonchev–Trinajstić information content (AvgIpc) is 2.94. The monoisotopic (exact) mass is 481 g/mol. The van der Waals surface area contributed by atoms with Gasteiger partial charge in [-0.25, -0.2) is 0 Å². The predicted molar refractivity (Wildman–Crippen MR) is 148 cm³/mol. The van der Waals surface area contributed by atoms with Gasteiger partial charge in [-0.2, -0.15) is 0 Å². The zero-order valence-corrected chi connectivity index (χ0v) is 21.3. The zero-order chi connectivity index (χ0) is 24.7. The standard InChI is InChI=1S/C32H35NO3/c1-34-31-12-8-11-29(32(31)35-2)28-18-15-25-9-4-5-10-27(25)30(28)23-24-13-16-26(17-14-24)36-22-21-33-19-6-3-7-20-33/h4-5,8-18H,3,6-7,19-23H2,1-2H3. The largest absolute Gasteiger partial charge is 0.493 e. The van der Waals surface area contributed by atoms with Gasteiger partial charge in [0.25, 0.3) is 0 Å². The van der Waals surface area contributed by atoms with Crippen LogP contribution in [0.25, 0.3) is 21.9 Å². The van der Waals surface area contributed by atoms with Gasteiger partial charge in [0.2, 0.25) is 0 Å². The lowest BCUT2D eigenvalue weighted by molar-refractivity contribution is 0.183. The molecule has 186 valence electrons. The van der Waals surface area contributed by atoms with E-state index >= 15 is 0 Å². The highest BCUT2D eigenvalue weighted by molar-refractivity contribution is 5.93. The number of hydrogen-bond acceptors (Lipinski definition) is 4. The molecular formula is C32H35NO3. The summed E-state index contributed by atoms with van der Waals surface area (Å²) in [6.07, 6.45) is 4.80. The quantitative estimate of drug-likeness (QED) is 0.258. The molecule has 0 amide bonds. The summed E-state index contributed by atoms with van der Waals surface area (Å²) in [7, 11) is 3.38. The Morgan fingerprint density at radius 3 is 2.31 bits per heavy atom. The molecule has 4 nitrogen and oxygen atoms in total. The van der Waals surface area contributed by atoms with Crippen molar-refractivity contribution in [3.63, 3.8) is 0 Å². The average molecular weight is 482 g/mol. The maximum atomic E-state index is 6.06. The predicted octanol–water partition coefficient (Wildman–Crippen LogP) is 6.98. The van der Waals surface area contributed by atoms with E-state index in [-0.39, 0.29) is 0 Å². The molecule has 0 aliphatic carbocycles. The van der Waals surface area contributed by atoms with Crippen molar-refractivity contribution in [3.05, 3.63) is 90.0 Å². The maximum absolute atomic E-state index is 6.06. The van der Waals surface area contributed by atoms with E-state index in [9.17, 15) is 0 Å². The third-order valence-corrected chi connectivity index (χ3v) is 7.16. The second kappa shape index (κ2) is 11.5. The van der Waals surface area contributed by atoms with Crippen molar-refractivity contribution >= 4 is 10.8 Å². The van der Waals surface area contributed by atoms with E-state index < -0.39 is 0 Å². The molecule has 0 atom stereocenters. The number of para-hydroxylation sites is 1. The van der Waals surface area contributed by atoms with Crippen molar-refractivity contribution in [1.29, 1.82) is 0 Å². The van der Waals surface area contributed by atoms with Gasteiger partial charge in [-0.3, -0.25) is 4.90 Å². The van der Waals surface area contributed by atoms with Crippen molar-refractivity contribution < 1.29 is 14.2 Å². The van der Waals surface area contributed by atoms with E-state index in [0.29, 0.717) is 0 Å². The third kappa shape index (κ3) is 5.34. The van der Waals surface area contributed by atoms with Gasteiger partial charge in [0.05, 0.1) is 14.2 Å². The lowest BCUT2D eigenvalue weighted by atomic mass is 9.89. The van der Waals surface area contributed by atoms with Gasteiger partial charge < -0.3 is 14.2 Å². The van der Waals surface area contributed by atoms with E-state index in [0.717, 1.165) is 47.9 Å². The van der Waals surface area contributed by atoms with Gasteiger partial charge in [0.15, 0.2) is 11.5 Å². The zero-order valence-electron chi connectivity index (χ0n) is 21.3. The molecule has 0 radical (unpaired) electrons. The molecule has 1 saturated heterocycles. The van der Waals surface area contributed by atoms with Crippen molar-refractivity contribution in [2.75, 3.05) is 40.5 Å². The molecule has 0 aromatic heterocycles. The highest BCUT2D eigenvalue weighted by Gasteiger charge is 2.17. The lowest BCUT2D eigenvalue weighted by Crippen LogP contribution is -2.33. The molecule has 0 spiro atoms. The first kappa shape index (κ1) is 24.2. The summed E-state index contributed by atoms with van der Waals surface area (Å²) in [5, 5.41) is 2.48. The van der Waals surface area contributed by atoms with Crippen molar-refractivity contribution in [2.24, 2.45) is 0 Å². The summed E-state index contributed by atoms with van der Waals surface area (Å²) < 4.78 is 17.4. The fraction of sp³-hybridized carbons (Fsp3) is 0.312. The van der Waals surface area contributed by atoms with Crippen LogP contribution in [0, 0.1) is 0 Å². The number of likely N-dealkylation sites (tertiary alicyclic amines) is 1. The number of ether oxygens (including phenoxy) is 3. The Kier molecular flexibility index (Phi) is 7.73. The number of piperidine rings is 1. The number of nitrogens with zero attached hydrogens (tertiary/aromatic N) is 1. The van der Waals surface area contributed by atoms with Crippen LogP contribution in [0.5, 0.6) is 17.2 Å². The molecule has 1 fully saturated rings. The van der Waals surface area contributed by atoms with Crippen LogP contribution in [0.1, 0.15) is 30.4 Å². The van der Waals surface area contributed by atoms with Gasteiger partial charge in [-0.1, -0.05) is 67.1 Å². The van der Waals surface area contributed by atoms with E-state index in [1.165, 1.54) is 54.3 Å². The Morgan fingerprint density at radius 1 is 0.722 bits per heavy atom. The maximum Gasteiger partial charge on any atom is 0.168 e. The SMILES string of the molecule is COc1cccc(-c2ccc3ccccc3c2Cc2ccc(OCCN3CCCCC3)cc2)c1OC. The molecule has 4 aromatic carbocycles. The highest BCUT2D eigenvalue weighted by Crippen LogP contribution is 2.41. The summed E-state index contributed by atoms with van der Waals surface area (Å²) in [4.78, 5) is 2.51. The van der Waals surface area contributed by atoms with Gasteiger partial charge in [-0.05, 0) is 78.0 Å². The number of fused-ring (bicyclic) bond motifs is 1. The molecule has 0 unspecified atom stereocenters. The first-order valence-corrected chi connectivity index (χ1v) is 12.9. The number of methoxy groups -OCH3 is 2. The van der Waals surface area contributed by atoms with Crippen LogP contribution >= 0.6 is 0 Å². The molecule has 0 N–H and O–H groups in total. The van der Waals surface area contributed by atoms with E-state index in [1.54, 1.807) is 14.2 Å². The van der Waals surface area contributed by atoms with Gasteiger partial charge in [0, 0.05) is 12.1 Å². The summed E-state index contributed by atoms with van der Waals surface area (Å²) >= 11 is 0. The number of hydrogen-bond donors (Lipinski definition) is 0. The molecule has 36 heavy (non-hydrogen) atoms. The third-order valence-electron chi connectivity index (χ3n) is 7.16. The van der Waals surface area contributed by atoms with Crippen molar-refractivity contribution in [3.8, 4) is 28.4 Å². The molecule has 4 heteroatoms. The molecule has 0 bridgehead atoms. The van der Waals surface area contributed by atoms with Crippen LogP contribution in [0.15, 0.2) is 78.9 Å². The van der Waals surface area contributed by atoms with Gasteiger partial charge in [-0.15, -0.1) is 0 Å². The normalized spacial score (nSPS) is 14.1. The lowest BCUT2D eigenvalue weighted by Gasteiger charge is -2.26. The summed E-state index contributed by atoms with van der Waals surface area (Å²) in [5.74, 6) is 2.43. The van der Waals surface area contributed by atoms with Crippen LogP contribution in [-0.2, 0) is 6.42 Å². The summed E-state index contributed by atoms with van der Waals surface area (Å²) in [6, 6.07) is 27.6. The Hall–Kier alpha value is -3.50. The fourth-order valence-corrected chi connectivity index (χ4v) is 5.26. The minimum Gasteiger partial charge on any atom is -0.493 e. The van der Waals surface area contributed by atoms with Crippen LogP contribution in [0.3, 0.4) is 0 Å². The van der Waals surface area contributed by atoms with Gasteiger partial charge in [0.1, 0.15) is 12.4 Å². The van der Waals surface area contributed by atoms with Crippen LogP contribution in [0.4, 0.5) is 0 Å². The first-order chi connectivity index (χ1) is 17.8. The van der Waals surface area contributed by atoms with E-state index in [4.69, 9.17) is 14.2 Å². The number of benzene rings is 4. The molecule has 1 aliphatic heterocycles. The molecular weight excluding hydrogens is 446 g/mol. The highest BCUT2D eigenvalue weighted by atomic mass is 16.5. The Bertz CT molecular complexity index is 1290. The Morgan fingerprint density at radius 2 is 1.53 bits per heavy atom. The molecule has 4 aromatic rings. The molecule has 1 heterocycles. The molecule has 5 rings (SSSR count). The second-order valence-corrected chi connectivity index (χ2v) is 9.43. The molecule has 1 aliphatic rings. The van der Waals surface area contributed by atoms with E-state index in [1.807, 2.05) is 12.1 Å². The molecule has 0 saturated carbocycles. The minimum absolute atomic E-state index is 0.736. The Labute approximate surface area is 214 Å². The van der Waals surface area contributed by atoms with Crippen LogP contribution < -0.4 is 14.2 Å². The van der Waals surface area contributed by atoms with Crippen LogP contribution in [-0.4, -0.2) is 45.4 Å². The summed E-state index contributed by atoms with van der Waals surface area (Å²) in [6.45, 7) is 4.15. The van der Waals surface area contributed by atoms with Crippen LogP contribution in [0.2, 0.25) is 0 Å². The first-order valence-electron chi connectivity index (χ1n) is 12.9. The van der Waals surface area contributed by atoms with E-state index in [2.05, 4.69) is 71.6 Å². The van der Waals surface area contributed by atoms with Gasteiger partial charge >= 0.3 is 0 Å². The Balaban J connectivity index is 1.41. The van der Waals surface area contributed by atoms with Crippen molar-refractivity contribution in [1.82, 2.24) is 4.90 Å². The second-order valence-electron chi connectivity index (χ2n) is 9.43. The summed E-state index contributed by atoms with van der Waals surface area (Å²) in [5.41, 5.74) is 4.72.